The minimum Gasteiger partial charge on any atom is -0.504 e. The van der Waals surface area contributed by atoms with Gasteiger partial charge in [0, 0.05) is 43.3 Å². The summed E-state index contributed by atoms with van der Waals surface area (Å²) < 4.78 is 19.0. The van der Waals surface area contributed by atoms with Crippen LogP contribution >= 0.6 is 0 Å². The number of ether oxygens (including phenoxy) is 3. The molecule has 11 nitrogen and oxygen atoms in total. The van der Waals surface area contributed by atoms with Crippen LogP contribution in [0.15, 0.2) is 59.6 Å². The van der Waals surface area contributed by atoms with Crippen molar-refractivity contribution < 1.29 is 34.3 Å². The van der Waals surface area contributed by atoms with Gasteiger partial charge >= 0.3 is 0 Å². The van der Waals surface area contributed by atoms with E-state index in [1.54, 1.807) is 20.2 Å². The van der Waals surface area contributed by atoms with Crippen LogP contribution in [0.5, 0.6) is 23.0 Å². The van der Waals surface area contributed by atoms with Gasteiger partial charge in [-0.3, -0.25) is 15.1 Å². The van der Waals surface area contributed by atoms with Crippen LogP contribution in [-0.2, 0) is 21.4 Å². The summed E-state index contributed by atoms with van der Waals surface area (Å²) in [5, 5.41) is 44.2. The van der Waals surface area contributed by atoms with Crippen molar-refractivity contribution in [3.63, 3.8) is 0 Å². The van der Waals surface area contributed by atoms with Crippen molar-refractivity contribution in [3.8, 4) is 35.0 Å². The zero-order valence-electron chi connectivity index (χ0n) is 41.2. The molecule has 368 valence electrons. The van der Waals surface area contributed by atoms with E-state index in [1.165, 1.54) is 6.42 Å². The summed E-state index contributed by atoms with van der Waals surface area (Å²) in [6, 6.07) is 12.9. The summed E-state index contributed by atoms with van der Waals surface area (Å²) in [5.41, 5.74) is 0.988. The SMILES string of the molecule is CCC1C=CC2CC3CCCC34c3cc(c(O)c(OC5(CNC)CCC(CC(O)OC6CCCCC6)C5)c3)NC(=NC)NC#CCC3CCCC3(Cc3ccc(O)c(OC)c3)C(=O)C=CC4C2C1. The van der Waals surface area contributed by atoms with Crippen molar-refractivity contribution in [2.75, 3.05) is 33.1 Å². The van der Waals surface area contributed by atoms with Crippen LogP contribution < -0.4 is 25.4 Å². The predicted molar refractivity (Wildman–Crippen MR) is 268 cm³/mol. The molecule has 2 aromatic rings. The first-order chi connectivity index (χ1) is 33.0. The molecular weight excluding hydrogens is 853 g/mol. The number of fused-ring (bicyclic) bond motifs is 5. The number of phenols is 2. The number of carbonyl (C=O) groups excluding carboxylic acids is 1. The van der Waals surface area contributed by atoms with E-state index in [-0.39, 0.29) is 46.6 Å². The van der Waals surface area contributed by atoms with Crippen LogP contribution in [-0.4, -0.2) is 72.8 Å². The molecule has 68 heavy (non-hydrogen) atoms. The van der Waals surface area contributed by atoms with Crippen molar-refractivity contribution >= 4 is 17.4 Å². The third kappa shape index (κ3) is 9.68. The first-order valence-corrected chi connectivity index (χ1v) is 26.3. The number of methoxy groups -OCH3 is 1. The molecule has 11 atom stereocenters. The molecule has 6 N–H and O–H groups in total. The minimum absolute atomic E-state index is 0.0234. The molecule has 5 saturated carbocycles. The molecule has 1 aliphatic heterocycles. The number of aliphatic hydroxyl groups is 1. The number of anilines is 1. The maximum atomic E-state index is 15.5. The summed E-state index contributed by atoms with van der Waals surface area (Å²) in [6.07, 6.45) is 27.2. The fourth-order valence-electron chi connectivity index (χ4n) is 14.7. The monoisotopic (exact) mass is 931 g/mol. The van der Waals surface area contributed by atoms with Gasteiger partial charge in [0.25, 0.3) is 0 Å². The molecule has 9 rings (SSSR count). The lowest BCUT2D eigenvalue weighted by atomic mass is 9.50. The van der Waals surface area contributed by atoms with E-state index in [9.17, 15) is 15.3 Å². The molecule has 7 aliphatic rings. The summed E-state index contributed by atoms with van der Waals surface area (Å²) in [7, 11) is 5.23. The average molecular weight is 931 g/mol. The number of rotatable bonds is 12. The quantitative estimate of drug-likeness (QED) is 0.0525. The van der Waals surface area contributed by atoms with Crippen molar-refractivity contribution in [1.29, 1.82) is 0 Å². The summed E-state index contributed by atoms with van der Waals surface area (Å²) in [5.74, 6) is 6.77. The van der Waals surface area contributed by atoms with Crippen molar-refractivity contribution in [1.82, 2.24) is 10.6 Å². The molecule has 6 aliphatic carbocycles. The fourth-order valence-corrected chi connectivity index (χ4v) is 14.7. The number of benzene rings is 2. The molecule has 2 aromatic carbocycles. The standard InChI is InChI=1S/C57H78N4O7/c1-5-37-17-19-40-31-42-13-10-25-57(42)43-32-47(53(65)50(33-43)68-55(36-58-2)26-23-39(34-55)30-52(64)67-44-15-7-6-8-16-44)61-54(59-3)60-27-11-14-41-12-9-24-56(41,51(63)22-20-46(57)45(40)28-37)35-38-18-21-48(62)49(29-38)66-4/h17-22,29,32-33,37,39-42,44-46,52,58,62,64-65H,5-10,12-16,23-26,28,30-31,34-36H2,1-4H3,(H2,59,60,61). The Bertz CT molecular complexity index is 2280. The van der Waals surface area contributed by atoms with Gasteiger partial charge in [0.05, 0.1) is 18.9 Å². The Morgan fingerprint density at radius 1 is 0.941 bits per heavy atom. The number of ketones is 1. The zero-order chi connectivity index (χ0) is 47.5. The van der Waals surface area contributed by atoms with Gasteiger partial charge in [-0.05, 0) is 173 Å². The maximum Gasteiger partial charge on any atom is 0.207 e. The Morgan fingerprint density at radius 3 is 2.56 bits per heavy atom. The third-order valence-electron chi connectivity index (χ3n) is 18.1. The Morgan fingerprint density at radius 2 is 1.76 bits per heavy atom. The maximum absolute atomic E-state index is 15.5. The normalized spacial score (nSPS) is 34.7. The molecule has 0 aromatic heterocycles. The molecule has 0 saturated heterocycles. The number of hydrogen-bond acceptors (Lipinski definition) is 9. The largest absolute Gasteiger partial charge is 0.504 e. The zero-order valence-corrected chi connectivity index (χ0v) is 41.2. The van der Waals surface area contributed by atoms with Crippen LogP contribution in [0.3, 0.4) is 0 Å². The second kappa shape index (κ2) is 20.8. The van der Waals surface area contributed by atoms with E-state index in [1.807, 2.05) is 25.3 Å². The first kappa shape index (κ1) is 48.5. The fraction of sp³-hybridized carbons (Fsp3) is 0.649. The lowest BCUT2D eigenvalue weighted by Crippen LogP contribution is -2.50. The Balaban J connectivity index is 1.13. The highest BCUT2D eigenvalue weighted by Gasteiger charge is 2.57. The highest BCUT2D eigenvalue weighted by atomic mass is 16.6. The lowest BCUT2D eigenvalue weighted by molar-refractivity contribution is -0.152. The van der Waals surface area contributed by atoms with Crippen molar-refractivity contribution in [2.45, 2.75) is 159 Å². The summed E-state index contributed by atoms with van der Waals surface area (Å²) in [4.78, 5) is 20.1. The number of phenolic OH excluding ortho intramolecular Hbond substituents is 2. The van der Waals surface area contributed by atoms with Gasteiger partial charge in [0.15, 0.2) is 35.1 Å². The smallest absolute Gasteiger partial charge is 0.207 e. The average Bonchev–Trinajstić information content (AvgIpc) is 4.08. The van der Waals surface area contributed by atoms with E-state index in [0.29, 0.717) is 72.6 Å². The van der Waals surface area contributed by atoms with E-state index in [4.69, 9.17) is 14.2 Å². The molecule has 1 spiro atoms. The molecule has 11 heteroatoms. The number of aliphatic imine (C=N–C) groups is 1. The van der Waals surface area contributed by atoms with Gasteiger partial charge in [0.1, 0.15) is 5.60 Å². The van der Waals surface area contributed by atoms with Crippen LogP contribution in [0.2, 0.25) is 0 Å². The Kier molecular flexibility index (Phi) is 14.9. The number of hydrogen-bond donors (Lipinski definition) is 6. The summed E-state index contributed by atoms with van der Waals surface area (Å²) >= 11 is 0. The lowest BCUT2D eigenvalue weighted by Gasteiger charge is -2.54. The first-order valence-electron chi connectivity index (χ1n) is 26.3. The molecule has 0 radical (unpaired) electrons. The van der Waals surface area contributed by atoms with E-state index in [2.05, 4.69) is 70.2 Å². The van der Waals surface area contributed by atoms with Crippen LogP contribution in [0, 0.1) is 58.8 Å². The number of nitrogens with zero attached hydrogens (tertiary/aromatic N) is 1. The topological polar surface area (TPSA) is 154 Å². The van der Waals surface area contributed by atoms with E-state index in [0.717, 1.165) is 114 Å². The Hall–Kier alpha value is -4.50. The van der Waals surface area contributed by atoms with Gasteiger partial charge in [-0.15, -0.1) is 0 Å². The van der Waals surface area contributed by atoms with E-state index < -0.39 is 17.3 Å². The highest BCUT2D eigenvalue weighted by Crippen LogP contribution is 2.64. The van der Waals surface area contributed by atoms with Crippen LogP contribution in [0.1, 0.15) is 140 Å². The van der Waals surface area contributed by atoms with Gasteiger partial charge in [0.2, 0.25) is 5.96 Å². The molecule has 11 unspecified atom stereocenters. The van der Waals surface area contributed by atoms with Gasteiger partial charge < -0.3 is 40.2 Å². The van der Waals surface area contributed by atoms with Gasteiger partial charge in [-0.2, -0.15) is 0 Å². The van der Waals surface area contributed by atoms with Crippen LogP contribution in [0.25, 0.3) is 0 Å². The number of aromatic hydroxyl groups is 2. The summed E-state index contributed by atoms with van der Waals surface area (Å²) in [6.45, 7) is 2.88. The number of aliphatic hydroxyl groups excluding tert-OH is 1. The van der Waals surface area contributed by atoms with E-state index >= 15 is 4.79 Å². The van der Waals surface area contributed by atoms with Crippen molar-refractivity contribution in [2.24, 2.45) is 51.8 Å². The molecule has 1 heterocycles. The third-order valence-corrected chi connectivity index (χ3v) is 18.1. The Labute approximate surface area is 405 Å². The second-order valence-electron chi connectivity index (χ2n) is 21.9. The number of guanidine groups is 1. The molecule has 0 amide bonds. The molecule has 2 bridgehead atoms. The number of nitrogens with one attached hydrogen (secondary N) is 3. The van der Waals surface area contributed by atoms with Crippen molar-refractivity contribution in [3.05, 3.63) is 65.8 Å². The molecule has 5 fully saturated rings. The van der Waals surface area contributed by atoms with Crippen LogP contribution in [0.4, 0.5) is 5.69 Å². The van der Waals surface area contributed by atoms with Gasteiger partial charge in [-0.1, -0.05) is 69.2 Å². The number of allylic oxidation sites excluding steroid dienone is 4. The number of carbonyl (C=O) groups is 1. The number of likely N-dealkylation sites (N-methyl/N-ethyl adjacent to an activating group) is 1. The predicted octanol–water partition coefficient (Wildman–Crippen LogP) is 10.1. The van der Waals surface area contributed by atoms with Gasteiger partial charge in [-0.25, -0.2) is 0 Å². The molecular formula is C57H78N4O7. The second-order valence-corrected chi connectivity index (χ2v) is 21.9. The minimum atomic E-state index is -0.804. The highest BCUT2D eigenvalue weighted by molar-refractivity contribution is 5.97.